The number of rotatable bonds is 5. The minimum Gasteiger partial charge on any atom is -0.353 e. The SMILES string of the molecule is CN=C(NC#N)NC1CCC(CNC(=O)c2ccc(C)s2)(c2ccccc2)CC1. The molecule has 0 spiro atoms. The molecule has 2 aromatic rings. The van der Waals surface area contributed by atoms with Crippen molar-refractivity contribution in [2.45, 2.75) is 44.1 Å². The summed E-state index contributed by atoms with van der Waals surface area (Å²) in [5.74, 6) is 0.503. The maximum Gasteiger partial charge on any atom is 0.261 e. The van der Waals surface area contributed by atoms with Gasteiger partial charge in [-0.25, -0.2) is 0 Å². The molecule has 1 aliphatic carbocycles. The van der Waals surface area contributed by atoms with Gasteiger partial charge in [0.05, 0.1) is 4.88 Å². The highest BCUT2D eigenvalue weighted by Crippen LogP contribution is 2.39. The predicted octanol–water partition coefficient (Wildman–Crippen LogP) is 3.31. The first-order chi connectivity index (χ1) is 14.1. The van der Waals surface area contributed by atoms with E-state index in [9.17, 15) is 4.79 Å². The van der Waals surface area contributed by atoms with Gasteiger partial charge in [-0.05, 0) is 50.3 Å². The average Bonchev–Trinajstić information content (AvgIpc) is 3.20. The number of nitrogens with one attached hydrogen (secondary N) is 3. The molecule has 29 heavy (non-hydrogen) atoms. The Bertz CT molecular complexity index is 891. The smallest absolute Gasteiger partial charge is 0.261 e. The molecule has 1 aliphatic rings. The van der Waals surface area contributed by atoms with Crippen molar-refractivity contribution in [1.82, 2.24) is 16.0 Å². The quantitative estimate of drug-likeness (QED) is 0.306. The Balaban J connectivity index is 1.70. The first-order valence-electron chi connectivity index (χ1n) is 9.85. The molecule has 152 valence electrons. The fraction of sp³-hybridized carbons (Fsp3) is 0.409. The van der Waals surface area contributed by atoms with Crippen molar-refractivity contribution in [1.29, 1.82) is 5.26 Å². The van der Waals surface area contributed by atoms with E-state index in [0.717, 1.165) is 35.4 Å². The van der Waals surface area contributed by atoms with Crippen LogP contribution in [0.5, 0.6) is 0 Å². The van der Waals surface area contributed by atoms with Crippen molar-refractivity contribution in [3.8, 4) is 6.19 Å². The number of hydrogen-bond donors (Lipinski definition) is 3. The molecule has 3 rings (SSSR count). The summed E-state index contributed by atoms with van der Waals surface area (Å²) in [6.45, 7) is 2.63. The number of thiophene rings is 1. The highest BCUT2D eigenvalue weighted by molar-refractivity contribution is 7.13. The molecule has 6 nitrogen and oxygen atoms in total. The molecular formula is C22H27N5OS. The number of hydrogen-bond acceptors (Lipinski definition) is 4. The molecule has 0 unspecified atom stereocenters. The lowest BCUT2D eigenvalue weighted by Gasteiger charge is -2.41. The molecule has 1 saturated carbocycles. The van der Waals surface area contributed by atoms with Gasteiger partial charge in [0.2, 0.25) is 5.96 Å². The van der Waals surface area contributed by atoms with E-state index in [4.69, 9.17) is 5.26 Å². The summed E-state index contributed by atoms with van der Waals surface area (Å²) in [6, 6.07) is 14.6. The fourth-order valence-corrected chi connectivity index (χ4v) is 4.75. The van der Waals surface area contributed by atoms with Gasteiger partial charge in [0, 0.05) is 29.9 Å². The van der Waals surface area contributed by atoms with E-state index in [0.29, 0.717) is 12.5 Å². The Hall–Kier alpha value is -2.85. The molecular weight excluding hydrogens is 382 g/mol. The summed E-state index contributed by atoms with van der Waals surface area (Å²) in [5.41, 5.74) is 1.17. The molecule has 1 aromatic carbocycles. The van der Waals surface area contributed by atoms with Crippen molar-refractivity contribution in [3.63, 3.8) is 0 Å². The van der Waals surface area contributed by atoms with Crippen molar-refractivity contribution in [2.75, 3.05) is 13.6 Å². The van der Waals surface area contributed by atoms with Crippen LogP contribution in [0.2, 0.25) is 0 Å². The van der Waals surface area contributed by atoms with E-state index in [1.807, 2.05) is 31.3 Å². The lowest BCUT2D eigenvalue weighted by atomic mass is 9.68. The molecule has 0 bridgehead atoms. The normalized spacial score (nSPS) is 21.8. The third-order valence-electron chi connectivity index (χ3n) is 5.62. The maximum atomic E-state index is 12.6. The second-order valence-corrected chi connectivity index (χ2v) is 8.75. The standard InChI is InChI=1S/C22H27N5OS/c1-16-8-9-19(29-16)20(28)25-14-22(17-6-4-3-5-7-17)12-10-18(11-13-22)27-21(24-2)26-15-23/h3-9,18H,10-14H2,1-2H3,(H,25,28)(H2,24,26,27). The van der Waals surface area contributed by atoms with Crippen LogP contribution in [0.4, 0.5) is 0 Å². The van der Waals surface area contributed by atoms with Crippen LogP contribution < -0.4 is 16.0 Å². The zero-order valence-electron chi connectivity index (χ0n) is 16.9. The number of benzene rings is 1. The van der Waals surface area contributed by atoms with E-state index in [1.165, 1.54) is 16.9 Å². The van der Waals surface area contributed by atoms with Gasteiger partial charge < -0.3 is 10.6 Å². The highest BCUT2D eigenvalue weighted by atomic mass is 32.1. The largest absolute Gasteiger partial charge is 0.353 e. The van der Waals surface area contributed by atoms with Crippen LogP contribution in [-0.4, -0.2) is 31.5 Å². The number of nitriles is 1. The fourth-order valence-electron chi connectivity index (χ4n) is 3.97. The summed E-state index contributed by atoms with van der Waals surface area (Å²) in [6.07, 6.45) is 5.68. The van der Waals surface area contributed by atoms with Gasteiger partial charge in [-0.1, -0.05) is 30.3 Å². The summed E-state index contributed by atoms with van der Waals surface area (Å²) < 4.78 is 0. The Labute approximate surface area is 176 Å². The number of nitrogens with zero attached hydrogens (tertiary/aromatic N) is 2. The van der Waals surface area contributed by atoms with Gasteiger partial charge in [0.15, 0.2) is 6.19 Å². The Morgan fingerprint density at radius 3 is 2.55 bits per heavy atom. The molecule has 0 saturated heterocycles. The maximum absolute atomic E-state index is 12.6. The second-order valence-electron chi connectivity index (χ2n) is 7.47. The van der Waals surface area contributed by atoms with Crippen LogP contribution in [0.1, 0.15) is 45.8 Å². The number of aryl methyl sites for hydroxylation is 1. The first-order valence-corrected chi connectivity index (χ1v) is 10.7. The summed E-state index contributed by atoms with van der Waals surface area (Å²) in [7, 11) is 1.66. The zero-order chi connectivity index (χ0) is 20.7. The van der Waals surface area contributed by atoms with E-state index >= 15 is 0 Å². The van der Waals surface area contributed by atoms with Gasteiger partial charge in [0.25, 0.3) is 5.91 Å². The van der Waals surface area contributed by atoms with Gasteiger partial charge in [-0.2, -0.15) is 5.26 Å². The summed E-state index contributed by atoms with van der Waals surface area (Å²) in [4.78, 5) is 18.6. The molecule has 0 aliphatic heterocycles. The molecule has 1 amide bonds. The third kappa shape index (κ3) is 5.15. The van der Waals surface area contributed by atoms with Crippen LogP contribution in [0.15, 0.2) is 47.5 Å². The number of amides is 1. The van der Waals surface area contributed by atoms with Crippen molar-refractivity contribution in [3.05, 3.63) is 57.8 Å². The van der Waals surface area contributed by atoms with Crippen LogP contribution in [0, 0.1) is 18.4 Å². The van der Waals surface area contributed by atoms with Gasteiger partial charge in [-0.15, -0.1) is 11.3 Å². The number of carbonyl (C=O) groups is 1. The van der Waals surface area contributed by atoms with Gasteiger partial charge in [-0.3, -0.25) is 15.1 Å². The Morgan fingerprint density at radius 1 is 1.24 bits per heavy atom. The average molecular weight is 410 g/mol. The van der Waals surface area contributed by atoms with Crippen LogP contribution in [0.25, 0.3) is 0 Å². The summed E-state index contributed by atoms with van der Waals surface area (Å²) >= 11 is 1.52. The van der Waals surface area contributed by atoms with Crippen LogP contribution in [-0.2, 0) is 5.41 Å². The predicted molar refractivity (Wildman–Crippen MR) is 117 cm³/mol. The highest BCUT2D eigenvalue weighted by Gasteiger charge is 2.37. The number of carbonyl (C=O) groups excluding carboxylic acids is 1. The molecule has 7 heteroatoms. The second kappa shape index (κ2) is 9.57. The van der Waals surface area contributed by atoms with Gasteiger partial charge in [0.1, 0.15) is 0 Å². The number of guanidine groups is 1. The molecule has 0 radical (unpaired) electrons. The lowest BCUT2D eigenvalue weighted by molar-refractivity contribution is 0.0939. The van der Waals surface area contributed by atoms with E-state index in [1.54, 1.807) is 7.05 Å². The minimum atomic E-state index is -0.0897. The molecule has 0 atom stereocenters. The van der Waals surface area contributed by atoms with Crippen LogP contribution >= 0.6 is 11.3 Å². The Kier molecular flexibility index (Phi) is 6.89. The third-order valence-corrected chi connectivity index (χ3v) is 6.62. The minimum absolute atomic E-state index is 0.00252. The zero-order valence-corrected chi connectivity index (χ0v) is 17.7. The molecule has 1 fully saturated rings. The van der Waals surface area contributed by atoms with E-state index in [-0.39, 0.29) is 17.4 Å². The molecule has 3 N–H and O–H groups in total. The van der Waals surface area contributed by atoms with Crippen LogP contribution in [0.3, 0.4) is 0 Å². The van der Waals surface area contributed by atoms with Crippen molar-refractivity contribution >= 4 is 23.2 Å². The topological polar surface area (TPSA) is 89.3 Å². The lowest BCUT2D eigenvalue weighted by Crippen LogP contribution is -2.49. The summed E-state index contributed by atoms with van der Waals surface area (Å²) in [5, 5.41) is 17.9. The van der Waals surface area contributed by atoms with Gasteiger partial charge >= 0.3 is 0 Å². The van der Waals surface area contributed by atoms with E-state index < -0.39 is 0 Å². The molecule has 1 heterocycles. The first kappa shape index (κ1) is 20.9. The van der Waals surface area contributed by atoms with Crippen molar-refractivity contribution < 1.29 is 4.79 Å². The number of aliphatic imine (C=N–C) groups is 1. The monoisotopic (exact) mass is 409 g/mol. The molecule has 1 aromatic heterocycles. The van der Waals surface area contributed by atoms with Crippen molar-refractivity contribution in [2.24, 2.45) is 4.99 Å². The van der Waals surface area contributed by atoms with E-state index in [2.05, 4.69) is 45.2 Å². The Morgan fingerprint density at radius 2 is 1.97 bits per heavy atom.